The molecule has 0 spiro atoms. The summed E-state index contributed by atoms with van der Waals surface area (Å²) in [6, 6.07) is 3.12. The van der Waals surface area contributed by atoms with Gasteiger partial charge in [0.25, 0.3) is 0 Å². The summed E-state index contributed by atoms with van der Waals surface area (Å²) in [5.41, 5.74) is -0.440. The van der Waals surface area contributed by atoms with E-state index in [4.69, 9.17) is 0 Å². The van der Waals surface area contributed by atoms with E-state index >= 15 is 0 Å². The molecule has 1 fully saturated rings. The third-order valence-corrected chi connectivity index (χ3v) is 3.77. The van der Waals surface area contributed by atoms with Crippen molar-refractivity contribution in [2.45, 2.75) is 38.3 Å². The number of carbonyl (C=O) groups is 2. The molecular weight excluding hydrogens is 260 g/mol. The molecule has 7 heteroatoms. The topological polar surface area (TPSA) is 95.4 Å². The number of hydrogen-bond acceptors (Lipinski definition) is 4. The Morgan fingerprint density at radius 1 is 1.55 bits per heavy atom. The minimum Gasteiger partial charge on any atom is -0.479 e. The highest BCUT2D eigenvalue weighted by Crippen LogP contribution is 2.32. The molecule has 2 rings (SSSR count). The van der Waals surface area contributed by atoms with Gasteiger partial charge in [-0.2, -0.15) is 10.2 Å². The second-order valence-electron chi connectivity index (χ2n) is 4.82. The van der Waals surface area contributed by atoms with Crippen molar-refractivity contribution in [3.8, 4) is 0 Å². The Hall–Kier alpha value is -2.18. The molecule has 1 aliphatic heterocycles. The molecule has 1 aliphatic rings. The maximum absolute atomic E-state index is 12.2. The lowest BCUT2D eigenvalue weighted by atomic mass is 9.93. The van der Waals surface area contributed by atoms with Crippen LogP contribution in [-0.4, -0.2) is 44.3 Å². The van der Waals surface area contributed by atoms with Crippen LogP contribution in [0.25, 0.3) is 0 Å². The van der Waals surface area contributed by atoms with Gasteiger partial charge in [-0.05, 0) is 31.4 Å². The normalized spacial score (nSPS) is 21.8. The van der Waals surface area contributed by atoms with E-state index < -0.39 is 11.5 Å². The van der Waals surface area contributed by atoms with E-state index in [9.17, 15) is 14.7 Å². The number of amides is 2. The molecule has 1 saturated heterocycles. The van der Waals surface area contributed by atoms with Crippen molar-refractivity contribution < 1.29 is 14.7 Å². The van der Waals surface area contributed by atoms with Gasteiger partial charge in [0.2, 0.25) is 0 Å². The van der Waals surface area contributed by atoms with Gasteiger partial charge in [0, 0.05) is 12.7 Å². The predicted octanol–water partition coefficient (Wildman–Crippen LogP) is 1.02. The van der Waals surface area contributed by atoms with Gasteiger partial charge >= 0.3 is 12.0 Å². The Morgan fingerprint density at radius 3 is 2.95 bits per heavy atom. The zero-order valence-corrected chi connectivity index (χ0v) is 11.4. The third-order valence-electron chi connectivity index (χ3n) is 3.77. The molecule has 0 bridgehead atoms. The summed E-state index contributed by atoms with van der Waals surface area (Å²) in [5, 5.41) is 19.7. The van der Waals surface area contributed by atoms with Crippen molar-refractivity contribution in [3.63, 3.8) is 0 Å². The maximum atomic E-state index is 12.2. The number of carboxylic acid groups (broad SMARTS) is 1. The Bertz CT molecular complexity index is 494. The molecule has 20 heavy (non-hydrogen) atoms. The van der Waals surface area contributed by atoms with Crippen LogP contribution in [-0.2, 0) is 11.3 Å². The summed E-state index contributed by atoms with van der Waals surface area (Å²) in [6.45, 7) is 2.50. The largest absolute Gasteiger partial charge is 0.479 e. The first-order valence-corrected chi connectivity index (χ1v) is 6.65. The number of carbonyl (C=O) groups excluding carboxylic acids is 1. The van der Waals surface area contributed by atoms with Crippen LogP contribution in [0.5, 0.6) is 0 Å². The number of rotatable bonds is 4. The molecule has 0 aliphatic carbocycles. The van der Waals surface area contributed by atoms with E-state index in [2.05, 4.69) is 15.5 Å². The lowest BCUT2D eigenvalue weighted by Gasteiger charge is -2.33. The SMILES string of the molecule is CCC1(C(=O)O)CCCN1C(=O)NCc1cccnn1. The number of likely N-dealkylation sites (tertiary alicyclic amines) is 1. The fourth-order valence-electron chi connectivity index (χ4n) is 2.61. The highest BCUT2D eigenvalue weighted by atomic mass is 16.4. The van der Waals surface area contributed by atoms with Crippen molar-refractivity contribution in [1.29, 1.82) is 0 Å². The van der Waals surface area contributed by atoms with Crippen LogP contribution in [0, 0.1) is 0 Å². The minimum atomic E-state index is -1.08. The Balaban J connectivity index is 2.03. The van der Waals surface area contributed by atoms with Gasteiger partial charge in [-0.25, -0.2) is 9.59 Å². The first-order chi connectivity index (χ1) is 9.60. The minimum absolute atomic E-state index is 0.239. The maximum Gasteiger partial charge on any atom is 0.329 e. The van der Waals surface area contributed by atoms with E-state index in [1.165, 1.54) is 4.90 Å². The number of nitrogens with zero attached hydrogens (tertiary/aromatic N) is 3. The van der Waals surface area contributed by atoms with E-state index in [-0.39, 0.29) is 12.6 Å². The summed E-state index contributed by atoms with van der Waals surface area (Å²) < 4.78 is 0. The quantitative estimate of drug-likeness (QED) is 0.857. The van der Waals surface area contributed by atoms with Gasteiger partial charge in [0.05, 0.1) is 12.2 Å². The van der Waals surface area contributed by atoms with E-state index in [1.54, 1.807) is 25.3 Å². The van der Waals surface area contributed by atoms with E-state index in [0.29, 0.717) is 31.5 Å². The fraction of sp³-hybridized carbons (Fsp3) is 0.538. The zero-order chi connectivity index (χ0) is 14.6. The summed E-state index contributed by atoms with van der Waals surface area (Å²) >= 11 is 0. The van der Waals surface area contributed by atoms with E-state index in [1.807, 2.05) is 0 Å². The van der Waals surface area contributed by atoms with Crippen LogP contribution in [0.15, 0.2) is 18.3 Å². The number of carboxylic acids is 1. The van der Waals surface area contributed by atoms with Crippen LogP contribution >= 0.6 is 0 Å². The van der Waals surface area contributed by atoms with Crippen molar-refractivity contribution >= 4 is 12.0 Å². The highest BCUT2D eigenvalue weighted by molar-refractivity contribution is 5.87. The molecular formula is C13H18N4O3. The summed E-state index contributed by atoms with van der Waals surface area (Å²) in [5.74, 6) is -0.938. The number of aromatic nitrogens is 2. The van der Waals surface area contributed by atoms with Gasteiger partial charge in [0.1, 0.15) is 5.54 Å². The van der Waals surface area contributed by atoms with Crippen LogP contribution in [0.3, 0.4) is 0 Å². The van der Waals surface area contributed by atoms with Crippen LogP contribution < -0.4 is 5.32 Å². The summed E-state index contributed by atoms with van der Waals surface area (Å²) in [6.07, 6.45) is 3.16. The third kappa shape index (κ3) is 2.56. The van der Waals surface area contributed by atoms with Crippen molar-refractivity contribution in [3.05, 3.63) is 24.0 Å². The number of hydrogen-bond donors (Lipinski definition) is 2. The first kappa shape index (κ1) is 14.2. The Morgan fingerprint density at radius 2 is 2.35 bits per heavy atom. The van der Waals surface area contributed by atoms with E-state index in [0.717, 1.165) is 0 Å². The van der Waals surface area contributed by atoms with Gasteiger partial charge in [-0.3, -0.25) is 0 Å². The molecule has 0 saturated carbocycles. The predicted molar refractivity (Wildman–Crippen MR) is 70.9 cm³/mol. The lowest BCUT2D eigenvalue weighted by Crippen LogP contribution is -2.55. The zero-order valence-electron chi connectivity index (χ0n) is 11.4. The standard InChI is InChI=1S/C13H18N4O3/c1-2-13(11(18)19)6-4-8-17(13)12(20)14-9-10-5-3-7-15-16-10/h3,5,7H,2,4,6,8-9H2,1H3,(H,14,20)(H,18,19). The van der Waals surface area contributed by atoms with Crippen LogP contribution in [0.2, 0.25) is 0 Å². The molecule has 0 radical (unpaired) electrons. The molecule has 7 nitrogen and oxygen atoms in total. The molecule has 1 unspecified atom stereocenters. The molecule has 2 N–H and O–H groups in total. The number of aliphatic carboxylic acids is 1. The molecule has 2 heterocycles. The van der Waals surface area contributed by atoms with Gasteiger partial charge in [0.15, 0.2) is 0 Å². The average molecular weight is 278 g/mol. The lowest BCUT2D eigenvalue weighted by molar-refractivity contribution is -0.148. The number of urea groups is 1. The molecule has 1 aromatic rings. The Labute approximate surface area is 117 Å². The second kappa shape index (κ2) is 5.85. The van der Waals surface area contributed by atoms with Crippen molar-refractivity contribution in [2.75, 3.05) is 6.54 Å². The molecule has 0 aromatic carbocycles. The monoisotopic (exact) mass is 278 g/mol. The van der Waals surface area contributed by atoms with Crippen molar-refractivity contribution in [2.24, 2.45) is 0 Å². The highest BCUT2D eigenvalue weighted by Gasteiger charge is 2.48. The molecule has 1 atom stereocenters. The molecule has 1 aromatic heterocycles. The number of nitrogens with one attached hydrogen (secondary N) is 1. The van der Waals surface area contributed by atoms with Crippen LogP contribution in [0.4, 0.5) is 4.79 Å². The first-order valence-electron chi connectivity index (χ1n) is 6.65. The molecule has 2 amide bonds. The van der Waals surface area contributed by atoms with Crippen molar-refractivity contribution in [1.82, 2.24) is 20.4 Å². The fourth-order valence-corrected chi connectivity index (χ4v) is 2.61. The summed E-state index contributed by atoms with van der Waals surface area (Å²) in [7, 11) is 0. The summed E-state index contributed by atoms with van der Waals surface area (Å²) in [4.78, 5) is 25.1. The van der Waals surface area contributed by atoms with Gasteiger partial charge in [-0.15, -0.1) is 0 Å². The Kier molecular flexibility index (Phi) is 4.16. The van der Waals surface area contributed by atoms with Gasteiger partial charge in [-0.1, -0.05) is 6.92 Å². The van der Waals surface area contributed by atoms with Crippen LogP contribution in [0.1, 0.15) is 31.9 Å². The second-order valence-corrected chi connectivity index (χ2v) is 4.82. The average Bonchev–Trinajstić information content (AvgIpc) is 2.91. The van der Waals surface area contributed by atoms with Gasteiger partial charge < -0.3 is 15.3 Å². The molecule has 108 valence electrons. The smallest absolute Gasteiger partial charge is 0.329 e.